The lowest BCUT2D eigenvalue weighted by Gasteiger charge is -2.28. The molecule has 1 aromatic rings. The molecule has 3 bridgehead atoms. The van der Waals surface area contributed by atoms with Crippen LogP contribution in [0.2, 0.25) is 0 Å². The Balaban J connectivity index is 1.27. The normalized spacial score (nSPS) is 34.3. The Hall–Kier alpha value is -1.11. The van der Waals surface area contributed by atoms with Crippen LogP contribution in [0.1, 0.15) is 60.9 Å². The highest BCUT2D eigenvalue weighted by Gasteiger charge is 2.44. The first kappa shape index (κ1) is 18.0. The maximum atomic E-state index is 12.8. The molecule has 3 fully saturated rings. The minimum atomic E-state index is 0.0449. The first-order valence-electron chi connectivity index (χ1n) is 10.5. The summed E-state index contributed by atoms with van der Waals surface area (Å²) in [7, 11) is 0. The Morgan fingerprint density at radius 2 is 1.81 bits per heavy atom. The van der Waals surface area contributed by atoms with Crippen LogP contribution < -0.4 is 5.32 Å². The lowest BCUT2D eigenvalue weighted by molar-refractivity contribution is -0.117. The number of rotatable bonds is 3. The maximum absolute atomic E-state index is 12.8. The zero-order valence-electron chi connectivity index (χ0n) is 15.6. The molecule has 3 aliphatic carbocycles. The zero-order valence-corrected chi connectivity index (χ0v) is 17.8. The summed E-state index contributed by atoms with van der Waals surface area (Å²) in [6.07, 6.45) is 9.63. The number of benzene rings is 1. The minimum Gasteiger partial charge on any atom is -0.326 e. The monoisotopic (exact) mass is 478 g/mol. The van der Waals surface area contributed by atoms with Gasteiger partial charge in [0.05, 0.1) is 22.9 Å². The van der Waals surface area contributed by atoms with Gasteiger partial charge in [0.15, 0.2) is 0 Å². The molecule has 0 spiro atoms. The van der Waals surface area contributed by atoms with E-state index >= 15 is 0 Å². The average molecular weight is 478 g/mol. The van der Waals surface area contributed by atoms with E-state index < -0.39 is 0 Å². The highest BCUT2D eigenvalue weighted by atomic mass is 127. The number of nitrogens with zero attached hydrogens (tertiary/aromatic N) is 1. The third-order valence-electron chi connectivity index (χ3n) is 7.48. The van der Waals surface area contributed by atoms with Crippen LogP contribution in [0.3, 0.4) is 0 Å². The molecule has 144 valence electrons. The Kier molecular flexibility index (Phi) is 4.69. The van der Waals surface area contributed by atoms with Gasteiger partial charge in [0.25, 0.3) is 5.91 Å². The lowest BCUT2D eigenvalue weighted by Crippen LogP contribution is -2.30. The van der Waals surface area contributed by atoms with Crippen LogP contribution >= 0.6 is 22.9 Å². The summed E-state index contributed by atoms with van der Waals surface area (Å²) in [6, 6.07) is 5.70. The highest BCUT2D eigenvalue weighted by Crippen LogP contribution is 2.55. The van der Waals surface area contributed by atoms with Gasteiger partial charge in [-0.1, -0.05) is 6.07 Å². The number of carbonyl (C=O) groups excluding carboxylic acids is 2. The van der Waals surface area contributed by atoms with Gasteiger partial charge >= 0.3 is 0 Å². The average Bonchev–Trinajstić information content (AvgIpc) is 2.85. The van der Waals surface area contributed by atoms with E-state index in [1.165, 1.54) is 38.5 Å². The van der Waals surface area contributed by atoms with Crippen molar-refractivity contribution in [1.29, 1.82) is 0 Å². The van der Waals surface area contributed by atoms with Crippen molar-refractivity contribution < 1.29 is 9.59 Å². The molecular weight excluding hydrogens is 451 g/mol. The van der Waals surface area contributed by atoms with Gasteiger partial charge < -0.3 is 5.32 Å². The van der Waals surface area contributed by atoms with E-state index in [4.69, 9.17) is 0 Å². The third kappa shape index (κ3) is 3.40. The topological polar surface area (TPSA) is 49.4 Å². The zero-order chi connectivity index (χ0) is 18.5. The summed E-state index contributed by atoms with van der Waals surface area (Å²) in [5.74, 6) is 4.38. The summed E-state index contributed by atoms with van der Waals surface area (Å²) < 4.78 is 1.72. The summed E-state index contributed by atoms with van der Waals surface area (Å²) in [5, 5.41) is 3.15. The highest BCUT2D eigenvalue weighted by molar-refractivity contribution is 14.1. The molecule has 4 aliphatic rings. The Morgan fingerprint density at radius 3 is 2.63 bits per heavy atom. The molecule has 0 radical (unpaired) electrons. The van der Waals surface area contributed by atoms with Crippen molar-refractivity contribution in [1.82, 2.24) is 3.11 Å². The second kappa shape index (κ2) is 7.05. The number of carbonyl (C=O) groups is 2. The molecule has 1 heterocycles. The van der Waals surface area contributed by atoms with Crippen LogP contribution in [-0.2, 0) is 11.2 Å². The molecule has 1 aromatic carbocycles. The van der Waals surface area contributed by atoms with E-state index in [-0.39, 0.29) is 11.8 Å². The van der Waals surface area contributed by atoms with Gasteiger partial charge in [0.1, 0.15) is 0 Å². The van der Waals surface area contributed by atoms with Crippen LogP contribution in [0.4, 0.5) is 5.69 Å². The molecule has 1 N–H and O–H groups in total. The number of amides is 2. The van der Waals surface area contributed by atoms with Crippen LogP contribution in [-0.4, -0.2) is 21.5 Å². The Morgan fingerprint density at radius 1 is 1.07 bits per heavy atom. The molecule has 0 saturated heterocycles. The fraction of sp³-hybridized carbons (Fsp3) is 0.636. The molecule has 3 saturated carbocycles. The predicted octanol–water partition coefficient (Wildman–Crippen LogP) is 4.83. The second-order valence-corrected chi connectivity index (χ2v) is 10.4. The molecule has 2 amide bonds. The van der Waals surface area contributed by atoms with Crippen LogP contribution in [0.5, 0.6) is 0 Å². The lowest BCUT2D eigenvalue weighted by atomic mass is 9.78. The summed E-state index contributed by atoms with van der Waals surface area (Å²) in [4.78, 5) is 25.2. The minimum absolute atomic E-state index is 0.0449. The van der Waals surface area contributed by atoms with Crippen molar-refractivity contribution in [3.8, 4) is 0 Å². The number of fused-ring (bicyclic) bond motifs is 3. The molecule has 27 heavy (non-hydrogen) atoms. The van der Waals surface area contributed by atoms with Gasteiger partial charge in [-0.3, -0.25) is 12.7 Å². The van der Waals surface area contributed by atoms with Crippen molar-refractivity contribution in [2.45, 2.75) is 51.4 Å². The van der Waals surface area contributed by atoms with Crippen LogP contribution in [0.15, 0.2) is 18.2 Å². The van der Waals surface area contributed by atoms with Gasteiger partial charge in [0, 0.05) is 24.2 Å². The number of hydrogen-bond donors (Lipinski definition) is 1. The van der Waals surface area contributed by atoms with E-state index in [9.17, 15) is 9.59 Å². The molecule has 5 rings (SSSR count). The van der Waals surface area contributed by atoms with E-state index in [1.54, 1.807) is 3.11 Å². The number of hydrogen-bond acceptors (Lipinski definition) is 2. The molecule has 5 unspecified atom stereocenters. The second-order valence-electron chi connectivity index (χ2n) is 9.26. The predicted molar refractivity (Wildman–Crippen MR) is 114 cm³/mol. The summed E-state index contributed by atoms with van der Waals surface area (Å²) in [6.45, 7) is 0.702. The molecule has 1 aliphatic heterocycles. The van der Waals surface area contributed by atoms with Crippen molar-refractivity contribution >= 4 is 40.4 Å². The van der Waals surface area contributed by atoms with Gasteiger partial charge in [-0.25, -0.2) is 0 Å². The molecular formula is C22H27IN2O2. The largest absolute Gasteiger partial charge is 0.326 e. The Labute approximate surface area is 174 Å². The maximum Gasteiger partial charge on any atom is 0.262 e. The quantitative estimate of drug-likeness (QED) is 0.500. The number of anilines is 1. The molecule has 5 atom stereocenters. The first-order valence-corrected chi connectivity index (χ1v) is 11.4. The van der Waals surface area contributed by atoms with Gasteiger partial charge in [-0.15, -0.1) is 0 Å². The SMILES string of the molecule is O=C(CC1CC2CC3CC(C1)C(C2)C3)Nc1cccc2c1CCN(I)C2=O. The molecule has 5 heteroatoms. The van der Waals surface area contributed by atoms with E-state index in [0.717, 1.165) is 46.9 Å². The fourth-order valence-electron chi connectivity index (χ4n) is 6.54. The standard InChI is InChI=1S/C22H27IN2O2/c23-25-5-4-18-19(22(25)27)2-1-3-20(18)24-21(26)12-15-7-13-6-14-9-16(8-13)17(10-14)11-15/h1-3,13-17H,4-12H2,(H,24,26). The van der Waals surface area contributed by atoms with E-state index in [1.807, 2.05) is 18.2 Å². The van der Waals surface area contributed by atoms with E-state index in [2.05, 4.69) is 28.2 Å². The van der Waals surface area contributed by atoms with Crippen molar-refractivity contribution in [2.75, 3.05) is 11.9 Å². The van der Waals surface area contributed by atoms with Gasteiger partial charge in [0.2, 0.25) is 5.91 Å². The van der Waals surface area contributed by atoms with Crippen molar-refractivity contribution in [2.24, 2.45) is 29.6 Å². The number of nitrogens with one attached hydrogen (secondary N) is 1. The van der Waals surface area contributed by atoms with Crippen molar-refractivity contribution in [3.63, 3.8) is 0 Å². The smallest absolute Gasteiger partial charge is 0.262 e. The van der Waals surface area contributed by atoms with Gasteiger partial charge in [-0.2, -0.15) is 0 Å². The Bertz CT molecular complexity index is 778. The first-order chi connectivity index (χ1) is 13.1. The summed E-state index contributed by atoms with van der Waals surface area (Å²) >= 11 is 2.07. The molecule has 4 nitrogen and oxygen atoms in total. The van der Waals surface area contributed by atoms with Crippen molar-refractivity contribution in [3.05, 3.63) is 29.3 Å². The van der Waals surface area contributed by atoms with Gasteiger partial charge in [-0.05, 0) is 92.2 Å². The van der Waals surface area contributed by atoms with Crippen LogP contribution in [0.25, 0.3) is 0 Å². The van der Waals surface area contributed by atoms with E-state index in [0.29, 0.717) is 18.9 Å². The third-order valence-corrected chi connectivity index (χ3v) is 8.40. The number of halogens is 1. The summed E-state index contributed by atoms with van der Waals surface area (Å²) in [5.41, 5.74) is 2.57. The van der Waals surface area contributed by atoms with Crippen LogP contribution in [0, 0.1) is 29.6 Å². The fourth-order valence-corrected chi connectivity index (χ4v) is 7.04. The molecule has 0 aromatic heterocycles.